The molecule has 0 amide bonds. The minimum atomic E-state index is -0.403. The Hall–Kier alpha value is -7.12. The number of hydrogen-bond acceptors (Lipinski definition) is 2. The van der Waals surface area contributed by atoms with Crippen LogP contribution in [0.5, 0.6) is 0 Å². The minimum absolute atomic E-state index is 0.202. The van der Waals surface area contributed by atoms with E-state index in [9.17, 15) is 0 Å². The predicted octanol–water partition coefficient (Wildman–Crippen LogP) is 12.8. The molecule has 1 heterocycles. The van der Waals surface area contributed by atoms with E-state index >= 15 is 0 Å². The van der Waals surface area contributed by atoms with E-state index in [2.05, 4.69) is 176 Å². The van der Waals surface area contributed by atoms with Crippen molar-refractivity contribution in [2.24, 2.45) is 0 Å². The fourth-order valence-corrected chi connectivity index (χ4v) is 8.88. The summed E-state index contributed by atoms with van der Waals surface area (Å²) in [6.45, 7) is 0. The molecule has 0 aliphatic heterocycles. The summed E-state index contributed by atoms with van der Waals surface area (Å²) in [6.07, 6.45) is 14.1. The largest absolute Gasteiger partial charge is 0.228 e. The molecule has 10 rings (SSSR count). The predicted molar refractivity (Wildman–Crippen MR) is 231 cm³/mol. The Morgan fingerprint density at radius 2 is 1.07 bits per heavy atom. The van der Waals surface area contributed by atoms with Gasteiger partial charge < -0.3 is 0 Å². The first-order valence-corrected chi connectivity index (χ1v) is 19.3. The lowest BCUT2D eigenvalue weighted by molar-refractivity contribution is 0.750. The van der Waals surface area contributed by atoms with Gasteiger partial charge in [0.25, 0.3) is 0 Å². The normalized spacial score (nSPS) is 16.5. The average Bonchev–Trinajstić information content (AvgIpc) is 3.38. The Morgan fingerprint density at radius 1 is 0.518 bits per heavy atom. The van der Waals surface area contributed by atoms with Gasteiger partial charge in [-0.1, -0.05) is 188 Å². The second-order valence-corrected chi connectivity index (χ2v) is 14.6. The second-order valence-electron chi connectivity index (χ2n) is 14.6. The highest BCUT2D eigenvalue weighted by Gasteiger charge is 2.48. The van der Waals surface area contributed by atoms with Gasteiger partial charge in [0.1, 0.15) is 0 Å². The van der Waals surface area contributed by atoms with Gasteiger partial charge in [-0.2, -0.15) is 0 Å². The summed E-state index contributed by atoms with van der Waals surface area (Å²) in [5.41, 5.74) is 19.5. The van der Waals surface area contributed by atoms with Gasteiger partial charge in [0.05, 0.1) is 16.8 Å². The summed E-state index contributed by atoms with van der Waals surface area (Å²) in [7, 11) is 0. The van der Waals surface area contributed by atoms with Gasteiger partial charge in [-0.15, -0.1) is 5.73 Å². The molecule has 7 aromatic rings. The number of allylic oxidation sites excluding steroid dienone is 9. The topological polar surface area (TPSA) is 25.8 Å². The molecule has 2 heteroatoms. The Bertz CT molecular complexity index is 2680. The number of aromatic nitrogens is 2. The van der Waals surface area contributed by atoms with Gasteiger partial charge in [0.2, 0.25) is 0 Å². The summed E-state index contributed by atoms with van der Waals surface area (Å²) in [5.74, 6) is 0.874. The Morgan fingerprint density at radius 3 is 1.73 bits per heavy atom. The molecular weight excluding hydrogens is 677 g/mol. The maximum Gasteiger partial charge on any atom is 0.161 e. The smallest absolute Gasteiger partial charge is 0.161 e. The van der Waals surface area contributed by atoms with E-state index in [0.717, 1.165) is 45.6 Å². The summed E-state index contributed by atoms with van der Waals surface area (Å²) in [4.78, 5) is 10.1. The molecule has 6 aromatic carbocycles. The lowest BCUT2D eigenvalue weighted by atomic mass is 9.66. The monoisotopic (exact) mass is 714 g/mol. The molecule has 3 aliphatic carbocycles. The summed E-state index contributed by atoms with van der Waals surface area (Å²) < 4.78 is 0. The quantitative estimate of drug-likeness (QED) is 0.154. The standard InChI is InChI=1S/C54H38N2/c1-5-18-39(19-6-1)50-37-51(40-20-7-2-8-21-40)56-53(55-50)41-23-15-22-38(34-35-41)42-24-16-25-43(36-42)46-31-17-33-49-52(46)47-30-13-14-32-48(47)54(49,44-26-9-3-10-27-44)45-28-11-4-12-29-45/h1-14,16-30,32-37,46H,31H2. The van der Waals surface area contributed by atoms with Crippen molar-refractivity contribution in [3.8, 4) is 22.5 Å². The van der Waals surface area contributed by atoms with E-state index < -0.39 is 5.41 Å². The third-order valence-corrected chi connectivity index (χ3v) is 11.4. The zero-order chi connectivity index (χ0) is 37.3. The number of nitrogens with zero attached hydrogens (tertiary/aromatic N) is 2. The van der Waals surface area contributed by atoms with E-state index in [-0.39, 0.29) is 5.92 Å². The zero-order valence-corrected chi connectivity index (χ0v) is 30.9. The van der Waals surface area contributed by atoms with Crippen molar-refractivity contribution in [1.29, 1.82) is 0 Å². The molecule has 0 radical (unpaired) electrons. The van der Waals surface area contributed by atoms with Crippen molar-refractivity contribution < 1.29 is 0 Å². The minimum Gasteiger partial charge on any atom is -0.228 e. The van der Waals surface area contributed by atoms with E-state index in [4.69, 9.17) is 9.97 Å². The number of fused-ring (bicyclic) bond motifs is 2. The third-order valence-electron chi connectivity index (χ3n) is 11.4. The SMILES string of the molecule is C1=CC(c2cccc(C3CC=CC4=C3c3ccccc3C4(c3ccccc3)c3ccccc3)c2)=CC=C(c2nc(-c3ccccc3)cc(-c3ccccc3)n2)C=1. The van der Waals surface area contributed by atoms with Gasteiger partial charge in [-0.25, -0.2) is 9.97 Å². The first-order chi connectivity index (χ1) is 27.8. The summed E-state index contributed by atoms with van der Waals surface area (Å²) >= 11 is 0. The van der Waals surface area contributed by atoms with Gasteiger partial charge in [0.15, 0.2) is 5.82 Å². The second kappa shape index (κ2) is 14.3. The van der Waals surface area contributed by atoms with Gasteiger partial charge >= 0.3 is 0 Å². The van der Waals surface area contributed by atoms with Gasteiger partial charge in [-0.3, -0.25) is 0 Å². The fourth-order valence-electron chi connectivity index (χ4n) is 8.88. The molecule has 0 fully saturated rings. The van der Waals surface area contributed by atoms with Crippen LogP contribution in [-0.2, 0) is 5.41 Å². The molecule has 0 spiro atoms. The molecule has 0 N–H and O–H groups in total. The molecule has 1 atom stereocenters. The highest BCUT2D eigenvalue weighted by Crippen LogP contribution is 2.59. The van der Waals surface area contributed by atoms with E-state index in [1.165, 1.54) is 39.0 Å². The number of hydrogen-bond donors (Lipinski definition) is 0. The molecule has 0 saturated heterocycles. The zero-order valence-electron chi connectivity index (χ0n) is 30.9. The van der Waals surface area contributed by atoms with Crippen LogP contribution in [0, 0.1) is 0 Å². The molecule has 0 bridgehead atoms. The Kier molecular flexibility index (Phi) is 8.52. The van der Waals surface area contributed by atoms with Crippen molar-refractivity contribution >= 4 is 16.7 Å². The molecular formula is C54H38N2. The van der Waals surface area contributed by atoms with Crippen LogP contribution in [0.2, 0.25) is 0 Å². The van der Waals surface area contributed by atoms with Crippen LogP contribution in [0.15, 0.2) is 224 Å². The van der Waals surface area contributed by atoms with Gasteiger partial charge in [0, 0.05) is 22.6 Å². The van der Waals surface area contributed by atoms with Gasteiger partial charge in [-0.05, 0) is 80.8 Å². The van der Waals surface area contributed by atoms with Crippen molar-refractivity contribution in [3.63, 3.8) is 0 Å². The Labute approximate surface area is 328 Å². The van der Waals surface area contributed by atoms with Crippen LogP contribution in [0.4, 0.5) is 0 Å². The first-order valence-electron chi connectivity index (χ1n) is 19.3. The molecule has 1 unspecified atom stereocenters. The van der Waals surface area contributed by atoms with E-state index in [1.54, 1.807) is 0 Å². The average molecular weight is 715 g/mol. The highest BCUT2D eigenvalue weighted by molar-refractivity contribution is 5.91. The van der Waals surface area contributed by atoms with Crippen LogP contribution in [0.3, 0.4) is 0 Å². The Balaban J connectivity index is 1.05. The molecule has 56 heavy (non-hydrogen) atoms. The molecule has 2 nitrogen and oxygen atoms in total. The van der Waals surface area contributed by atoms with Crippen LogP contribution >= 0.6 is 0 Å². The lowest BCUT2D eigenvalue weighted by Crippen LogP contribution is -2.29. The van der Waals surface area contributed by atoms with Crippen LogP contribution < -0.4 is 0 Å². The van der Waals surface area contributed by atoms with E-state index in [0.29, 0.717) is 5.82 Å². The van der Waals surface area contributed by atoms with Crippen molar-refractivity contribution in [2.75, 3.05) is 0 Å². The third kappa shape index (κ3) is 5.76. The van der Waals surface area contributed by atoms with Crippen molar-refractivity contribution in [2.45, 2.75) is 17.8 Å². The summed E-state index contributed by atoms with van der Waals surface area (Å²) in [6, 6.07) is 63.0. The van der Waals surface area contributed by atoms with E-state index in [1.807, 2.05) is 42.5 Å². The van der Waals surface area contributed by atoms with Crippen LogP contribution in [0.25, 0.3) is 39.2 Å². The molecule has 0 saturated carbocycles. The van der Waals surface area contributed by atoms with Crippen molar-refractivity contribution in [1.82, 2.24) is 9.97 Å². The van der Waals surface area contributed by atoms with Crippen LogP contribution in [0.1, 0.15) is 51.5 Å². The fraction of sp³-hybridized carbons (Fsp3) is 0.0556. The summed E-state index contributed by atoms with van der Waals surface area (Å²) in [5, 5.41) is 0. The highest BCUT2D eigenvalue weighted by atomic mass is 14.9. The van der Waals surface area contributed by atoms with Crippen molar-refractivity contribution in [3.05, 3.63) is 263 Å². The number of rotatable bonds is 7. The molecule has 1 aromatic heterocycles. The molecule has 3 aliphatic rings. The maximum absolute atomic E-state index is 5.07. The number of benzene rings is 6. The first kappa shape index (κ1) is 33.4. The van der Waals surface area contributed by atoms with Crippen LogP contribution in [-0.4, -0.2) is 9.97 Å². The lowest BCUT2D eigenvalue weighted by Gasteiger charge is -2.36. The maximum atomic E-state index is 5.07. The molecule has 264 valence electrons.